The van der Waals surface area contributed by atoms with Crippen LogP contribution in [0.2, 0.25) is 0 Å². The maximum atomic E-state index is 2.65. The van der Waals surface area contributed by atoms with Crippen LogP contribution in [-0.2, 0) is 0 Å². The summed E-state index contributed by atoms with van der Waals surface area (Å²) < 4.78 is 2.65. The Morgan fingerprint density at radius 2 is 0.927 bits per heavy atom. The molecule has 0 amide bonds. The van der Waals surface area contributed by atoms with Crippen molar-refractivity contribution in [1.82, 2.24) is 0 Å². The molecule has 0 fully saturated rings. The molecule has 0 bridgehead atoms. The predicted octanol–water partition coefficient (Wildman–Crippen LogP) is 11.4. The third-order valence-electron chi connectivity index (χ3n) is 8.04. The van der Waals surface area contributed by atoms with Crippen LogP contribution in [0.5, 0.6) is 0 Å². The molecule has 2 aliphatic rings. The zero-order valence-corrected chi connectivity index (χ0v) is 26.3. The molecule has 216 valence electrons. The number of unbranched alkanes of at least 4 members (excludes halogenated alkanes) is 10. The summed E-state index contributed by atoms with van der Waals surface area (Å²) in [5.41, 5.74) is 6.50. The molecule has 0 aromatic heterocycles. The first-order chi connectivity index (χ1) is 20.3. The standard InChI is InChI=1S/C39H50NS/c1-3-5-7-9-11-19-29-40(30-20-12-10-8-6-4-2)37-27-25-33(26-28-37)36-31-38(34-21-15-13-16-22-34)41-39(32-36)35-23-17-14-18-24-35/h13-18,21-28,31-32H,3-12,19-20,29-30H2,1-2H3/q+1. The Kier molecular flexibility index (Phi) is 13.5. The van der Waals surface area contributed by atoms with Gasteiger partial charge in [-0.25, -0.2) is 4.58 Å². The Bertz CT molecular complexity index is 1160. The summed E-state index contributed by atoms with van der Waals surface area (Å²) in [4.78, 5) is 2.61. The average Bonchev–Trinajstić information content (AvgIpc) is 3.04. The molecule has 0 saturated heterocycles. The Balaban J connectivity index is 1.54. The number of rotatable bonds is 16. The van der Waals surface area contributed by atoms with Crippen LogP contribution in [0.4, 0.5) is 0 Å². The van der Waals surface area contributed by atoms with Crippen LogP contribution in [0.15, 0.2) is 108 Å². The van der Waals surface area contributed by atoms with Crippen molar-refractivity contribution in [2.75, 3.05) is 13.1 Å². The third kappa shape index (κ3) is 10.2. The summed E-state index contributed by atoms with van der Waals surface area (Å²) in [5.74, 6) is 0. The second-order valence-corrected chi connectivity index (χ2v) is 12.5. The van der Waals surface area contributed by atoms with E-state index < -0.39 is 0 Å². The van der Waals surface area contributed by atoms with Crippen molar-refractivity contribution in [1.29, 1.82) is 0 Å². The number of nitrogens with zero attached hydrogens (tertiary/aromatic N) is 1. The topological polar surface area (TPSA) is 3.01 Å². The van der Waals surface area contributed by atoms with E-state index in [4.69, 9.17) is 0 Å². The van der Waals surface area contributed by atoms with Gasteiger partial charge in [0.25, 0.3) is 0 Å². The van der Waals surface area contributed by atoms with Gasteiger partial charge in [0.1, 0.15) is 13.1 Å². The quantitative estimate of drug-likeness (QED) is 0.145. The van der Waals surface area contributed by atoms with Crippen molar-refractivity contribution in [2.45, 2.75) is 90.9 Å². The molecule has 0 atom stereocenters. The number of hydrogen-bond acceptors (Lipinski definition) is 1. The molecule has 1 nitrogen and oxygen atoms in total. The fourth-order valence-corrected chi connectivity index (χ4v) is 6.67. The van der Waals surface area contributed by atoms with Gasteiger partial charge in [-0.1, -0.05) is 138 Å². The smallest absolute Gasteiger partial charge is 0.199 e. The van der Waals surface area contributed by atoms with Crippen LogP contribution in [0.3, 0.4) is 0 Å². The largest absolute Gasteiger partial charge is 0.230 e. The maximum Gasteiger partial charge on any atom is 0.199 e. The van der Waals surface area contributed by atoms with Gasteiger partial charge < -0.3 is 0 Å². The molecular weight excluding hydrogens is 515 g/mol. The first-order valence-corrected chi connectivity index (χ1v) is 17.0. The second-order valence-electron chi connectivity index (χ2n) is 11.4. The highest BCUT2D eigenvalue weighted by atomic mass is 32.2. The van der Waals surface area contributed by atoms with Gasteiger partial charge in [-0.15, -0.1) is 0 Å². The van der Waals surface area contributed by atoms with Gasteiger partial charge >= 0.3 is 0 Å². The molecule has 2 aromatic rings. The van der Waals surface area contributed by atoms with E-state index in [-0.39, 0.29) is 0 Å². The Labute approximate surface area is 254 Å². The van der Waals surface area contributed by atoms with Crippen molar-refractivity contribution in [3.8, 4) is 0 Å². The van der Waals surface area contributed by atoms with Gasteiger partial charge in [-0.3, -0.25) is 0 Å². The molecule has 41 heavy (non-hydrogen) atoms. The summed E-state index contributed by atoms with van der Waals surface area (Å²) >= 11 is 1.87. The van der Waals surface area contributed by atoms with E-state index in [2.05, 4.69) is 116 Å². The van der Waals surface area contributed by atoms with E-state index in [1.54, 1.807) is 0 Å². The normalized spacial score (nSPS) is 14.8. The van der Waals surface area contributed by atoms with Crippen molar-refractivity contribution < 1.29 is 4.58 Å². The molecule has 4 rings (SSSR count). The van der Waals surface area contributed by atoms with E-state index in [1.165, 1.54) is 128 Å². The molecule has 0 unspecified atom stereocenters. The van der Waals surface area contributed by atoms with Crippen molar-refractivity contribution in [3.05, 3.63) is 119 Å². The fraction of sp³-hybridized carbons (Fsp3) is 0.410. The molecule has 1 aliphatic heterocycles. The van der Waals surface area contributed by atoms with Crippen LogP contribution < -0.4 is 0 Å². The van der Waals surface area contributed by atoms with Crippen molar-refractivity contribution in [2.24, 2.45) is 0 Å². The van der Waals surface area contributed by atoms with Gasteiger partial charge in [0.05, 0.1) is 0 Å². The molecule has 2 aromatic carbocycles. The van der Waals surface area contributed by atoms with Crippen molar-refractivity contribution >= 4 is 27.3 Å². The molecule has 1 aliphatic carbocycles. The number of thioether (sulfide) groups is 1. The Hall–Kier alpha value is -2.84. The summed E-state index contributed by atoms with van der Waals surface area (Å²) in [5, 5.41) is 0. The molecule has 2 heteroatoms. The fourth-order valence-electron chi connectivity index (χ4n) is 5.56. The number of benzene rings is 2. The van der Waals surface area contributed by atoms with Crippen LogP contribution in [0.1, 0.15) is 102 Å². The number of allylic oxidation sites excluding steroid dienone is 8. The summed E-state index contributed by atoms with van der Waals surface area (Å²) in [6, 6.07) is 21.6. The average molecular weight is 565 g/mol. The Morgan fingerprint density at radius 3 is 1.39 bits per heavy atom. The van der Waals surface area contributed by atoms with Gasteiger partial charge in [-0.2, -0.15) is 0 Å². The van der Waals surface area contributed by atoms with Crippen LogP contribution in [0.25, 0.3) is 9.81 Å². The molecule has 0 N–H and O–H groups in total. The molecule has 1 heterocycles. The minimum Gasteiger partial charge on any atom is -0.230 e. The summed E-state index contributed by atoms with van der Waals surface area (Å²) in [6.07, 6.45) is 30.3. The zero-order valence-electron chi connectivity index (χ0n) is 25.5. The van der Waals surface area contributed by atoms with Crippen molar-refractivity contribution in [3.63, 3.8) is 0 Å². The molecule has 0 saturated carbocycles. The lowest BCUT2D eigenvalue weighted by Crippen LogP contribution is -2.22. The van der Waals surface area contributed by atoms with E-state index in [1.807, 2.05) is 11.8 Å². The van der Waals surface area contributed by atoms with Gasteiger partial charge in [0.15, 0.2) is 5.71 Å². The van der Waals surface area contributed by atoms with Crippen LogP contribution >= 0.6 is 11.8 Å². The van der Waals surface area contributed by atoms with E-state index in [0.717, 1.165) is 0 Å². The molecule has 0 spiro atoms. The SMILES string of the molecule is CCCCCCCC[N+](CCCCCCCC)=C1C=CC(=C2C=C(c3ccccc3)SC(c3ccccc3)=C2)C=C1. The molecule has 0 radical (unpaired) electrons. The van der Waals surface area contributed by atoms with Gasteiger partial charge in [0.2, 0.25) is 0 Å². The first kappa shape index (κ1) is 31.1. The lowest BCUT2D eigenvalue weighted by atomic mass is 9.99. The summed E-state index contributed by atoms with van der Waals surface area (Å²) in [6.45, 7) is 6.94. The Morgan fingerprint density at radius 1 is 0.488 bits per heavy atom. The second kappa shape index (κ2) is 17.9. The minimum atomic E-state index is 1.17. The monoisotopic (exact) mass is 564 g/mol. The minimum absolute atomic E-state index is 1.17. The predicted molar refractivity (Wildman–Crippen MR) is 183 cm³/mol. The third-order valence-corrected chi connectivity index (χ3v) is 9.19. The van der Waals surface area contributed by atoms with Gasteiger partial charge in [-0.05, 0) is 59.4 Å². The zero-order chi connectivity index (χ0) is 28.5. The highest BCUT2D eigenvalue weighted by Crippen LogP contribution is 2.44. The maximum absolute atomic E-state index is 2.65. The number of hydrogen-bond donors (Lipinski definition) is 0. The lowest BCUT2D eigenvalue weighted by Gasteiger charge is -2.19. The van der Waals surface area contributed by atoms with Gasteiger partial charge in [0, 0.05) is 34.8 Å². The molecular formula is C39H50NS+. The van der Waals surface area contributed by atoms with E-state index in [9.17, 15) is 0 Å². The first-order valence-electron chi connectivity index (χ1n) is 16.2. The summed E-state index contributed by atoms with van der Waals surface area (Å²) in [7, 11) is 0. The van der Waals surface area contributed by atoms with Crippen LogP contribution in [0, 0.1) is 0 Å². The highest BCUT2D eigenvalue weighted by molar-refractivity contribution is 8.16. The van der Waals surface area contributed by atoms with E-state index in [0.29, 0.717) is 0 Å². The van der Waals surface area contributed by atoms with Crippen LogP contribution in [-0.4, -0.2) is 23.4 Å². The lowest BCUT2D eigenvalue weighted by molar-refractivity contribution is -0.527. The highest BCUT2D eigenvalue weighted by Gasteiger charge is 2.18. The van der Waals surface area contributed by atoms with E-state index >= 15 is 0 Å².